The lowest BCUT2D eigenvalue weighted by Crippen LogP contribution is -2.33. The molecular weight excluding hydrogens is 357 g/mol. The Morgan fingerprint density at radius 1 is 1.18 bits per heavy atom. The average molecular weight is 383 g/mol. The van der Waals surface area contributed by atoms with E-state index in [0.29, 0.717) is 18.3 Å². The molecule has 3 heterocycles. The average Bonchev–Trinajstić information content (AvgIpc) is 3.26. The molecule has 1 amide bonds. The summed E-state index contributed by atoms with van der Waals surface area (Å²) < 4.78 is 18.9. The van der Waals surface area contributed by atoms with Gasteiger partial charge in [-0.2, -0.15) is 0 Å². The van der Waals surface area contributed by atoms with Crippen LogP contribution in [0.2, 0.25) is 0 Å². The van der Waals surface area contributed by atoms with Gasteiger partial charge in [0, 0.05) is 51.5 Å². The lowest BCUT2D eigenvalue weighted by molar-refractivity contribution is -0.130. The summed E-state index contributed by atoms with van der Waals surface area (Å²) in [5.74, 6) is 1.24. The van der Waals surface area contributed by atoms with Gasteiger partial charge in [0.2, 0.25) is 5.91 Å². The molecule has 2 atom stereocenters. The molecule has 2 aliphatic rings. The normalized spacial score (nSPS) is 21.7. The zero-order valence-electron chi connectivity index (χ0n) is 16.2. The monoisotopic (exact) mass is 383 g/mol. The highest BCUT2D eigenvalue weighted by Gasteiger charge is 2.41. The fraction of sp³-hybridized carbons (Fsp3) is 0.455. The van der Waals surface area contributed by atoms with Gasteiger partial charge in [-0.05, 0) is 47.6 Å². The maximum Gasteiger partial charge on any atom is 0.222 e. The number of hydrogen-bond acceptors (Lipinski definition) is 4. The number of pyridine rings is 1. The number of halogens is 1. The van der Waals surface area contributed by atoms with E-state index < -0.39 is 0 Å². The molecule has 4 rings (SSSR count). The Balaban J connectivity index is 1.26. The predicted molar refractivity (Wildman–Crippen MR) is 104 cm³/mol. The number of nitrogens with zero attached hydrogens (tertiary/aromatic N) is 3. The Morgan fingerprint density at radius 2 is 1.96 bits per heavy atom. The van der Waals surface area contributed by atoms with Crippen molar-refractivity contribution in [1.82, 2.24) is 14.8 Å². The highest BCUT2D eigenvalue weighted by Crippen LogP contribution is 2.32. The Bertz CT molecular complexity index is 816. The standard InChI is InChI=1S/C22H26FN3O2/c1-28-21-6-4-17(9-20(21)23)11-25-12-18-14-26(15-19(18)13-25)22(27)7-5-16-3-2-8-24-10-16/h2-4,6,8-10,18-19H,5,7,11-15H2,1H3/t18-,19-/m0/s1. The topological polar surface area (TPSA) is 45.7 Å². The van der Waals surface area contributed by atoms with E-state index in [1.54, 1.807) is 18.3 Å². The quantitative estimate of drug-likeness (QED) is 0.770. The van der Waals surface area contributed by atoms with Crippen molar-refractivity contribution >= 4 is 5.91 Å². The summed E-state index contributed by atoms with van der Waals surface area (Å²) in [6.07, 6.45) is 4.86. The molecule has 6 heteroatoms. The van der Waals surface area contributed by atoms with Crippen molar-refractivity contribution in [1.29, 1.82) is 0 Å². The van der Waals surface area contributed by atoms with Crippen LogP contribution in [0.25, 0.3) is 0 Å². The van der Waals surface area contributed by atoms with Crippen LogP contribution >= 0.6 is 0 Å². The minimum atomic E-state index is -0.315. The second kappa shape index (κ2) is 8.27. The third kappa shape index (κ3) is 4.17. The van der Waals surface area contributed by atoms with Crippen LogP contribution in [0, 0.1) is 17.7 Å². The molecule has 1 aromatic carbocycles. The number of benzene rings is 1. The fourth-order valence-corrected chi connectivity index (χ4v) is 4.44. The minimum Gasteiger partial charge on any atom is -0.494 e. The van der Waals surface area contributed by atoms with Crippen molar-refractivity contribution in [3.8, 4) is 5.75 Å². The van der Waals surface area contributed by atoms with Crippen LogP contribution in [0.5, 0.6) is 5.75 Å². The maximum atomic E-state index is 13.9. The van der Waals surface area contributed by atoms with Gasteiger partial charge in [-0.1, -0.05) is 12.1 Å². The number of aromatic nitrogens is 1. The Morgan fingerprint density at radius 3 is 2.61 bits per heavy atom. The lowest BCUT2D eigenvalue weighted by atomic mass is 10.0. The highest BCUT2D eigenvalue weighted by molar-refractivity contribution is 5.76. The van der Waals surface area contributed by atoms with E-state index in [2.05, 4.69) is 9.88 Å². The SMILES string of the molecule is COc1ccc(CN2C[C@H]3CN(C(=O)CCc4cccnc4)C[C@@H]3C2)cc1F. The first kappa shape index (κ1) is 18.9. The molecule has 0 unspecified atom stereocenters. The second-order valence-electron chi connectivity index (χ2n) is 7.84. The van der Waals surface area contributed by atoms with E-state index in [1.807, 2.05) is 29.3 Å². The van der Waals surface area contributed by atoms with Gasteiger partial charge >= 0.3 is 0 Å². The van der Waals surface area contributed by atoms with Gasteiger partial charge in [-0.25, -0.2) is 4.39 Å². The molecular formula is C22H26FN3O2. The van der Waals surface area contributed by atoms with Crippen molar-refractivity contribution in [3.05, 3.63) is 59.7 Å². The summed E-state index contributed by atoms with van der Waals surface area (Å²) in [6, 6.07) is 9.08. The van der Waals surface area contributed by atoms with Crippen LogP contribution in [0.1, 0.15) is 17.5 Å². The maximum absolute atomic E-state index is 13.9. The number of rotatable bonds is 6. The summed E-state index contributed by atoms with van der Waals surface area (Å²) in [5, 5.41) is 0. The first-order valence-electron chi connectivity index (χ1n) is 9.84. The molecule has 2 aliphatic heterocycles. The number of aryl methyl sites for hydroxylation is 1. The molecule has 0 N–H and O–H groups in total. The molecule has 2 aromatic rings. The van der Waals surface area contributed by atoms with Gasteiger partial charge in [-0.3, -0.25) is 14.7 Å². The largest absolute Gasteiger partial charge is 0.494 e. The first-order valence-corrected chi connectivity index (χ1v) is 9.84. The van der Waals surface area contributed by atoms with Crippen LogP contribution in [-0.2, 0) is 17.8 Å². The minimum absolute atomic E-state index is 0.238. The molecule has 0 radical (unpaired) electrons. The number of ether oxygens (including phenoxy) is 1. The molecule has 0 bridgehead atoms. The number of carbonyl (C=O) groups excluding carboxylic acids is 1. The van der Waals surface area contributed by atoms with Crippen molar-refractivity contribution in [3.63, 3.8) is 0 Å². The predicted octanol–water partition coefficient (Wildman–Crippen LogP) is 2.75. The third-order valence-electron chi connectivity index (χ3n) is 5.89. The summed E-state index contributed by atoms with van der Waals surface area (Å²) in [7, 11) is 1.48. The molecule has 148 valence electrons. The molecule has 1 aromatic heterocycles. The van der Waals surface area contributed by atoms with E-state index in [9.17, 15) is 9.18 Å². The van der Waals surface area contributed by atoms with Gasteiger partial charge < -0.3 is 9.64 Å². The van der Waals surface area contributed by atoms with Crippen molar-refractivity contribution in [2.45, 2.75) is 19.4 Å². The number of hydrogen-bond donors (Lipinski definition) is 0. The molecule has 2 fully saturated rings. The van der Waals surface area contributed by atoms with E-state index in [-0.39, 0.29) is 17.5 Å². The number of fused-ring (bicyclic) bond motifs is 1. The van der Waals surface area contributed by atoms with Gasteiger partial charge in [0.15, 0.2) is 11.6 Å². The Kier molecular flexibility index (Phi) is 5.57. The Hall–Kier alpha value is -2.47. The van der Waals surface area contributed by atoms with Gasteiger partial charge in [0.05, 0.1) is 7.11 Å². The van der Waals surface area contributed by atoms with Gasteiger partial charge in [0.1, 0.15) is 0 Å². The van der Waals surface area contributed by atoms with Crippen molar-refractivity contribution in [2.75, 3.05) is 33.3 Å². The Labute approximate surface area is 165 Å². The zero-order valence-corrected chi connectivity index (χ0v) is 16.2. The fourth-order valence-electron chi connectivity index (χ4n) is 4.44. The van der Waals surface area contributed by atoms with Crippen molar-refractivity contribution < 1.29 is 13.9 Å². The van der Waals surface area contributed by atoms with Gasteiger partial charge in [0.25, 0.3) is 0 Å². The molecule has 5 nitrogen and oxygen atoms in total. The van der Waals surface area contributed by atoms with E-state index >= 15 is 0 Å². The van der Waals surface area contributed by atoms with E-state index in [0.717, 1.165) is 50.3 Å². The zero-order chi connectivity index (χ0) is 19.5. The number of amides is 1. The summed E-state index contributed by atoms with van der Waals surface area (Å²) in [5.41, 5.74) is 2.07. The number of methoxy groups -OCH3 is 1. The van der Waals surface area contributed by atoms with Gasteiger partial charge in [-0.15, -0.1) is 0 Å². The summed E-state index contributed by atoms with van der Waals surface area (Å²) in [6.45, 7) is 4.34. The second-order valence-corrected chi connectivity index (χ2v) is 7.84. The molecule has 2 saturated heterocycles. The number of carbonyl (C=O) groups is 1. The van der Waals surface area contributed by atoms with Crippen LogP contribution < -0.4 is 4.74 Å². The first-order chi connectivity index (χ1) is 13.6. The van der Waals surface area contributed by atoms with Crippen LogP contribution in [-0.4, -0.2) is 54.0 Å². The van der Waals surface area contributed by atoms with E-state index in [1.165, 1.54) is 7.11 Å². The van der Waals surface area contributed by atoms with Crippen LogP contribution in [0.4, 0.5) is 4.39 Å². The highest BCUT2D eigenvalue weighted by atomic mass is 19.1. The molecule has 28 heavy (non-hydrogen) atoms. The van der Waals surface area contributed by atoms with Crippen LogP contribution in [0.3, 0.4) is 0 Å². The smallest absolute Gasteiger partial charge is 0.222 e. The molecule has 0 spiro atoms. The molecule has 0 saturated carbocycles. The lowest BCUT2D eigenvalue weighted by Gasteiger charge is -2.22. The number of likely N-dealkylation sites (tertiary alicyclic amines) is 2. The van der Waals surface area contributed by atoms with Crippen LogP contribution in [0.15, 0.2) is 42.7 Å². The van der Waals surface area contributed by atoms with E-state index in [4.69, 9.17) is 4.74 Å². The summed E-state index contributed by atoms with van der Waals surface area (Å²) >= 11 is 0. The molecule has 0 aliphatic carbocycles. The third-order valence-corrected chi connectivity index (χ3v) is 5.89. The van der Waals surface area contributed by atoms with Crippen molar-refractivity contribution in [2.24, 2.45) is 11.8 Å². The summed E-state index contributed by atoms with van der Waals surface area (Å²) in [4.78, 5) is 21.1.